The fourth-order valence-electron chi connectivity index (χ4n) is 3.18. The van der Waals surface area contributed by atoms with Crippen LogP contribution in [-0.4, -0.2) is 40.0 Å². The Hall–Kier alpha value is -3.09. The maximum Gasteiger partial charge on any atom is 0.256 e. The molecule has 0 atom stereocenters. The number of ether oxygens (including phenoxy) is 1. The summed E-state index contributed by atoms with van der Waals surface area (Å²) in [5, 5.41) is 0. The van der Waals surface area contributed by atoms with Crippen LogP contribution in [0.4, 0.5) is 8.78 Å². The molecule has 0 radical (unpaired) electrons. The van der Waals surface area contributed by atoms with E-state index in [0.29, 0.717) is 31.8 Å². The van der Waals surface area contributed by atoms with Crippen molar-refractivity contribution in [2.45, 2.75) is 18.9 Å². The van der Waals surface area contributed by atoms with Gasteiger partial charge < -0.3 is 9.64 Å². The SMILES string of the molecule is O=C(c1ccc(F)cc1F)N1CCC(Oc2cnc3ccccc3n2)CC1. The van der Waals surface area contributed by atoms with Crippen LogP contribution in [0, 0.1) is 11.6 Å². The molecular weight excluding hydrogens is 352 g/mol. The molecule has 138 valence electrons. The van der Waals surface area contributed by atoms with E-state index in [0.717, 1.165) is 23.2 Å². The van der Waals surface area contributed by atoms with Gasteiger partial charge in [0.25, 0.3) is 5.91 Å². The summed E-state index contributed by atoms with van der Waals surface area (Å²) in [6.07, 6.45) is 2.70. The molecule has 4 rings (SSSR count). The van der Waals surface area contributed by atoms with Gasteiger partial charge in [0.1, 0.15) is 17.7 Å². The van der Waals surface area contributed by atoms with E-state index in [4.69, 9.17) is 4.74 Å². The molecule has 1 amide bonds. The third-order valence-corrected chi connectivity index (χ3v) is 4.60. The van der Waals surface area contributed by atoms with Gasteiger partial charge in [0, 0.05) is 32.0 Å². The number of aromatic nitrogens is 2. The van der Waals surface area contributed by atoms with E-state index >= 15 is 0 Å². The number of hydrogen-bond donors (Lipinski definition) is 0. The van der Waals surface area contributed by atoms with E-state index < -0.39 is 17.5 Å². The third-order valence-electron chi connectivity index (χ3n) is 4.60. The van der Waals surface area contributed by atoms with E-state index in [9.17, 15) is 13.6 Å². The number of rotatable bonds is 3. The summed E-state index contributed by atoms with van der Waals surface area (Å²) in [5.74, 6) is -1.53. The van der Waals surface area contributed by atoms with Crippen LogP contribution in [0.15, 0.2) is 48.7 Å². The Labute approximate surface area is 154 Å². The lowest BCUT2D eigenvalue weighted by molar-refractivity contribution is 0.0583. The maximum atomic E-state index is 13.8. The minimum atomic E-state index is -0.843. The first kappa shape index (κ1) is 17.3. The predicted molar refractivity (Wildman–Crippen MR) is 95.4 cm³/mol. The normalized spacial score (nSPS) is 15.1. The second kappa shape index (κ2) is 7.26. The van der Waals surface area contributed by atoms with Crippen molar-refractivity contribution in [2.75, 3.05) is 13.1 Å². The van der Waals surface area contributed by atoms with Crippen molar-refractivity contribution in [3.05, 3.63) is 65.9 Å². The topological polar surface area (TPSA) is 55.3 Å². The van der Waals surface area contributed by atoms with Gasteiger partial charge in [-0.05, 0) is 24.3 Å². The maximum absolute atomic E-state index is 13.8. The Morgan fingerprint density at radius 3 is 2.56 bits per heavy atom. The molecule has 0 spiro atoms. The van der Waals surface area contributed by atoms with Crippen molar-refractivity contribution in [1.29, 1.82) is 0 Å². The molecule has 0 unspecified atom stereocenters. The number of benzene rings is 2. The zero-order valence-corrected chi connectivity index (χ0v) is 14.4. The summed E-state index contributed by atoms with van der Waals surface area (Å²) in [4.78, 5) is 22.8. The Morgan fingerprint density at radius 1 is 1.07 bits per heavy atom. The highest BCUT2D eigenvalue weighted by atomic mass is 19.1. The fourth-order valence-corrected chi connectivity index (χ4v) is 3.18. The fraction of sp³-hybridized carbons (Fsp3) is 0.250. The van der Waals surface area contributed by atoms with E-state index in [1.54, 1.807) is 11.1 Å². The molecule has 1 aliphatic rings. The van der Waals surface area contributed by atoms with Crippen LogP contribution in [0.5, 0.6) is 5.88 Å². The summed E-state index contributed by atoms with van der Waals surface area (Å²) in [6.45, 7) is 0.864. The molecule has 5 nitrogen and oxygen atoms in total. The molecule has 0 N–H and O–H groups in total. The molecule has 1 aliphatic heterocycles. The molecule has 0 bridgehead atoms. The predicted octanol–water partition coefficient (Wildman–Crippen LogP) is 3.59. The van der Waals surface area contributed by atoms with Gasteiger partial charge in [0.2, 0.25) is 5.88 Å². The molecule has 1 aromatic heterocycles. The van der Waals surface area contributed by atoms with Gasteiger partial charge in [-0.1, -0.05) is 12.1 Å². The summed E-state index contributed by atoms with van der Waals surface area (Å²) in [6, 6.07) is 10.5. The number of piperidine rings is 1. The minimum Gasteiger partial charge on any atom is -0.473 e. The van der Waals surface area contributed by atoms with Crippen molar-refractivity contribution < 1.29 is 18.3 Å². The highest BCUT2D eigenvalue weighted by molar-refractivity contribution is 5.94. The second-order valence-electron chi connectivity index (χ2n) is 6.43. The van der Waals surface area contributed by atoms with Gasteiger partial charge in [-0.15, -0.1) is 0 Å². The second-order valence-corrected chi connectivity index (χ2v) is 6.43. The number of hydrogen-bond acceptors (Lipinski definition) is 4. The van der Waals surface area contributed by atoms with Crippen molar-refractivity contribution in [1.82, 2.24) is 14.9 Å². The number of likely N-dealkylation sites (tertiary alicyclic amines) is 1. The third kappa shape index (κ3) is 3.72. The largest absolute Gasteiger partial charge is 0.473 e. The summed E-state index contributed by atoms with van der Waals surface area (Å²) >= 11 is 0. The van der Waals surface area contributed by atoms with E-state index in [1.807, 2.05) is 24.3 Å². The molecule has 2 aromatic carbocycles. The standard InChI is InChI=1S/C20H17F2N3O2/c21-13-5-6-15(16(22)11-13)20(26)25-9-7-14(8-10-25)27-19-12-23-17-3-1-2-4-18(17)24-19/h1-6,11-12,14H,7-10H2. The van der Waals surface area contributed by atoms with E-state index in [-0.39, 0.29) is 11.7 Å². The highest BCUT2D eigenvalue weighted by Crippen LogP contribution is 2.21. The number of carbonyl (C=O) groups is 1. The average molecular weight is 369 g/mol. The molecule has 1 saturated heterocycles. The van der Waals surface area contributed by atoms with Gasteiger partial charge in [0.05, 0.1) is 22.8 Å². The van der Waals surface area contributed by atoms with Crippen LogP contribution in [0.1, 0.15) is 23.2 Å². The minimum absolute atomic E-state index is 0.0948. The smallest absolute Gasteiger partial charge is 0.256 e. The summed E-state index contributed by atoms with van der Waals surface area (Å²) in [5.41, 5.74) is 1.44. The number of carbonyl (C=O) groups excluding carboxylic acids is 1. The molecule has 0 aliphatic carbocycles. The van der Waals surface area contributed by atoms with Gasteiger partial charge in [-0.25, -0.2) is 18.7 Å². The van der Waals surface area contributed by atoms with Crippen LogP contribution in [0.25, 0.3) is 11.0 Å². The van der Waals surface area contributed by atoms with Crippen molar-refractivity contribution in [3.63, 3.8) is 0 Å². The molecule has 27 heavy (non-hydrogen) atoms. The molecular formula is C20H17F2N3O2. The van der Waals surface area contributed by atoms with Crippen LogP contribution >= 0.6 is 0 Å². The van der Waals surface area contributed by atoms with Crippen LogP contribution < -0.4 is 4.74 Å². The molecule has 1 fully saturated rings. The highest BCUT2D eigenvalue weighted by Gasteiger charge is 2.26. The average Bonchev–Trinajstić information content (AvgIpc) is 2.68. The molecule has 2 heterocycles. The summed E-state index contributed by atoms with van der Waals surface area (Å²) in [7, 11) is 0. The number of para-hydroxylation sites is 2. The Morgan fingerprint density at radius 2 is 1.81 bits per heavy atom. The van der Waals surface area contributed by atoms with Crippen molar-refractivity contribution in [2.24, 2.45) is 0 Å². The lowest BCUT2D eigenvalue weighted by Gasteiger charge is -2.32. The molecule has 7 heteroatoms. The zero-order chi connectivity index (χ0) is 18.8. The first-order valence-corrected chi connectivity index (χ1v) is 8.73. The Balaban J connectivity index is 1.38. The lowest BCUT2D eigenvalue weighted by Crippen LogP contribution is -2.42. The van der Waals surface area contributed by atoms with Crippen LogP contribution in [0.2, 0.25) is 0 Å². The number of amides is 1. The van der Waals surface area contributed by atoms with Crippen molar-refractivity contribution >= 4 is 16.9 Å². The number of nitrogens with zero attached hydrogens (tertiary/aromatic N) is 3. The molecule has 0 saturated carbocycles. The van der Waals surface area contributed by atoms with Gasteiger partial charge in [-0.3, -0.25) is 4.79 Å². The van der Waals surface area contributed by atoms with E-state index in [2.05, 4.69) is 9.97 Å². The first-order valence-electron chi connectivity index (χ1n) is 8.73. The Kier molecular flexibility index (Phi) is 4.66. The monoisotopic (exact) mass is 369 g/mol. The first-order chi connectivity index (χ1) is 13.1. The summed E-state index contributed by atoms with van der Waals surface area (Å²) < 4.78 is 32.7. The van der Waals surface area contributed by atoms with Gasteiger partial charge in [0.15, 0.2) is 0 Å². The number of fused-ring (bicyclic) bond motifs is 1. The van der Waals surface area contributed by atoms with Crippen LogP contribution in [0.3, 0.4) is 0 Å². The number of halogens is 2. The Bertz CT molecular complexity index is 988. The van der Waals surface area contributed by atoms with Gasteiger partial charge in [-0.2, -0.15) is 0 Å². The van der Waals surface area contributed by atoms with Gasteiger partial charge >= 0.3 is 0 Å². The van der Waals surface area contributed by atoms with E-state index in [1.165, 1.54) is 6.07 Å². The molecule has 3 aromatic rings. The lowest BCUT2D eigenvalue weighted by atomic mass is 10.1. The van der Waals surface area contributed by atoms with Crippen LogP contribution in [-0.2, 0) is 0 Å². The van der Waals surface area contributed by atoms with Crippen molar-refractivity contribution in [3.8, 4) is 5.88 Å². The quantitative estimate of drug-likeness (QED) is 0.708. The zero-order valence-electron chi connectivity index (χ0n) is 14.4.